The predicted molar refractivity (Wildman–Crippen MR) is 58.4 cm³/mol. The first-order chi connectivity index (χ1) is 7.20. The van der Waals surface area contributed by atoms with Crippen molar-refractivity contribution in [1.82, 2.24) is 20.0 Å². The van der Waals surface area contributed by atoms with Gasteiger partial charge in [0.15, 0.2) is 0 Å². The number of rotatable bonds is 6. The Labute approximate surface area is 90.1 Å². The molecule has 1 heterocycles. The van der Waals surface area contributed by atoms with Crippen molar-refractivity contribution in [1.29, 1.82) is 0 Å². The van der Waals surface area contributed by atoms with E-state index in [9.17, 15) is 4.79 Å². The van der Waals surface area contributed by atoms with E-state index in [0.717, 1.165) is 19.5 Å². The second-order valence-corrected chi connectivity index (χ2v) is 3.59. The van der Waals surface area contributed by atoms with Gasteiger partial charge in [0.05, 0.1) is 6.54 Å². The van der Waals surface area contributed by atoms with Crippen LogP contribution in [0.4, 0.5) is 0 Å². The zero-order valence-corrected chi connectivity index (χ0v) is 9.31. The molecule has 0 aliphatic carbocycles. The molecular weight excluding hydrogens is 192 g/mol. The van der Waals surface area contributed by atoms with Crippen LogP contribution >= 0.6 is 0 Å². The highest BCUT2D eigenvalue weighted by Crippen LogP contribution is 1.87. The third-order valence-corrected chi connectivity index (χ3v) is 2.07. The third kappa shape index (κ3) is 4.60. The monoisotopic (exact) mass is 210 g/mol. The Balaban J connectivity index is 2.00. The molecule has 5 heteroatoms. The van der Waals surface area contributed by atoms with Gasteiger partial charge in [-0.15, -0.1) is 0 Å². The number of amides is 1. The van der Waals surface area contributed by atoms with E-state index in [2.05, 4.69) is 10.4 Å². The summed E-state index contributed by atoms with van der Waals surface area (Å²) < 4.78 is 1.88. The lowest BCUT2D eigenvalue weighted by molar-refractivity contribution is -0.127. The van der Waals surface area contributed by atoms with Crippen molar-refractivity contribution >= 4 is 5.91 Å². The first-order valence-corrected chi connectivity index (χ1v) is 5.08. The molecule has 1 aromatic rings. The van der Waals surface area contributed by atoms with E-state index in [1.165, 1.54) is 0 Å². The summed E-state index contributed by atoms with van der Waals surface area (Å²) >= 11 is 0. The predicted octanol–water partition coefficient (Wildman–Crippen LogP) is -0.0490. The summed E-state index contributed by atoms with van der Waals surface area (Å²) in [4.78, 5) is 12.8. The highest BCUT2D eigenvalue weighted by Gasteiger charge is 2.01. The average molecular weight is 210 g/mol. The number of hydrogen-bond donors (Lipinski definition) is 1. The molecule has 0 aromatic carbocycles. The lowest BCUT2D eigenvalue weighted by Crippen LogP contribution is -2.33. The molecule has 0 saturated carbocycles. The van der Waals surface area contributed by atoms with Crippen molar-refractivity contribution in [3.63, 3.8) is 0 Å². The zero-order valence-electron chi connectivity index (χ0n) is 9.31. The summed E-state index contributed by atoms with van der Waals surface area (Å²) in [6.07, 6.45) is 4.68. The van der Waals surface area contributed by atoms with E-state index in [1.54, 1.807) is 25.2 Å². The zero-order chi connectivity index (χ0) is 11.1. The van der Waals surface area contributed by atoms with Gasteiger partial charge in [0.25, 0.3) is 0 Å². The highest BCUT2D eigenvalue weighted by atomic mass is 16.2. The molecule has 0 aliphatic heterocycles. The minimum atomic E-state index is 0.106. The quantitative estimate of drug-likeness (QED) is 0.670. The van der Waals surface area contributed by atoms with Gasteiger partial charge >= 0.3 is 0 Å². The number of aromatic nitrogens is 2. The molecule has 5 nitrogen and oxygen atoms in total. The smallest absolute Gasteiger partial charge is 0.236 e. The molecule has 0 spiro atoms. The van der Waals surface area contributed by atoms with Crippen LogP contribution in [0.15, 0.2) is 18.5 Å². The normalized spacial score (nSPS) is 10.3. The lowest BCUT2D eigenvalue weighted by atomic mass is 10.4. The molecule has 0 aliphatic rings. The van der Waals surface area contributed by atoms with Crippen LogP contribution < -0.4 is 5.32 Å². The average Bonchev–Trinajstić information content (AvgIpc) is 2.69. The topological polar surface area (TPSA) is 50.2 Å². The second-order valence-electron chi connectivity index (χ2n) is 3.59. The van der Waals surface area contributed by atoms with Gasteiger partial charge in [-0.1, -0.05) is 0 Å². The summed E-state index contributed by atoms with van der Waals surface area (Å²) in [6, 6.07) is 1.91. The summed E-state index contributed by atoms with van der Waals surface area (Å²) in [5, 5.41) is 7.19. The molecule has 1 amide bonds. The minimum absolute atomic E-state index is 0.106. The number of aryl methyl sites for hydroxylation is 1. The van der Waals surface area contributed by atoms with E-state index in [-0.39, 0.29) is 5.91 Å². The molecule has 15 heavy (non-hydrogen) atoms. The van der Waals surface area contributed by atoms with Gasteiger partial charge in [0, 0.05) is 33.0 Å². The Morgan fingerprint density at radius 2 is 2.33 bits per heavy atom. The van der Waals surface area contributed by atoms with Gasteiger partial charge in [-0.3, -0.25) is 9.48 Å². The third-order valence-electron chi connectivity index (χ3n) is 2.07. The standard InChI is InChI=1S/C10H18N4O/c1-13(2)10(15)9-11-5-3-7-14-8-4-6-12-14/h4,6,8,11H,3,5,7,9H2,1-2H3. The number of carbonyl (C=O) groups excluding carboxylic acids is 1. The van der Waals surface area contributed by atoms with Gasteiger partial charge in [0.1, 0.15) is 0 Å². The molecule has 1 aromatic heterocycles. The number of hydrogen-bond acceptors (Lipinski definition) is 3. The Hall–Kier alpha value is -1.36. The second kappa shape index (κ2) is 6.19. The molecular formula is C10H18N4O. The Kier molecular flexibility index (Phi) is 4.83. The Morgan fingerprint density at radius 3 is 2.93 bits per heavy atom. The lowest BCUT2D eigenvalue weighted by Gasteiger charge is -2.10. The number of carbonyl (C=O) groups is 1. The van der Waals surface area contributed by atoms with Crippen LogP contribution in [0, 0.1) is 0 Å². The Morgan fingerprint density at radius 1 is 1.53 bits per heavy atom. The van der Waals surface area contributed by atoms with Crippen LogP contribution in [0.3, 0.4) is 0 Å². The van der Waals surface area contributed by atoms with E-state index >= 15 is 0 Å². The molecule has 0 radical (unpaired) electrons. The van der Waals surface area contributed by atoms with E-state index in [0.29, 0.717) is 6.54 Å². The maximum atomic E-state index is 11.2. The van der Waals surface area contributed by atoms with E-state index in [1.807, 2.05) is 16.9 Å². The molecule has 0 atom stereocenters. The van der Waals surface area contributed by atoms with Crippen molar-refractivity contribution in [3.05, 3.63) is 18.5 Å². The van der Waals surface area contributed by atoms with Gasteiger partial charge in [-0.25, -0.2) is 0 Å². The molecule has 0 fully saturated rings. The van der Waals surface area contributed by atoms with Crippen LogP contribution in [0.25, 0.3) is 0 Å². The fourth-order valence-electron chi connectivity index (χ4n) is 1.15. The van der Waals surface area contributed by atoms with Crippen molar-refractivity contribution in [2.24, 2.45) is 0 Å². The fourth-order valence-corrected chi connectivity index (χ4v) is 1.15. The van der Waals surface area contributed by atoms with Crippen LogP contribution in [-0.2, 0) is 11.3 Å². The molecule has 1 N–H and O–H groups in total. The van der Waals surface area contributed by atoms with Crippen LogP contribution in [0.1, 0.15) is 6.42 Å². The first kappa shape index (κ1) is 11.7. The maximum absolute atomic E-state index is 11.2. The molecule has 84 valence electrons. The van der Waals surface area contributed by atoms with Crippen molar-refractivity contribution in [2.45, 2.75) is 13.0 Å². The molecule has 1 rings (SSSR count). The number of likely N-dealkylation sites (N-methyl/N-ethyl adjacent to an activating group) is 1. The van der Waals surface area contributed by atoms with Crippen LogP contribution in [0.5, 0.6) is 0 Å². The SMILES string of the molecule is CN(C)C(=O)CNCCCn1cccn1. The minimum Gasteiger partial charge on any atom is -0.348 e. The molecule has 0 bridgehead atoms. The summed E-state index contributed by atoms with van der Waals surface area (Å²) in [5.41, 5.74) is 0. The number of nitrogens with one attached hydrogen (secondary N) is 1. The first-order valence-electron chi connectivity index (χ1n) is 5.08. The van der Waals surface area contributed by atoms with Gasteiger partial charge in [-0.05, 0) is 19.0 Å². The Bertz CT molecular complexity index is 282. The van der Waals surface area contributed by atoms with Gasteiger partial charge in [0.2, 0.25) is 5.91 Å². The van der Waals surface area contributed by atoms with Crippen molar-refractivity contribution in [2.75, 3.05) is 27.2 Å². The fraction of sp³-hybridized carbons (Fsp3) is 0.600. The molecule has 0 saturated heterocycles. The number of nitrogens with zero attached hydrogens (tertiary/aromatic N) is 3. The van der Waals surface area contributed by atoms with Crippen molar-refractivity contribution in [3.8, 4) is 0 Å². The summed E-state index contributed by atoms with van der Waals surface area (Å²) in [6.45, 7) is 2.13. The van der Waals surface area contributed by atoms with E-state index in [4.69, 9.17) is 0 Å². The maximum Gasteiger partial charge on any atom is 0.236 e. The van der Waals surface area contributed by atoms with Gasteiger partial charge < -0.3 is 10.2 Å². The summed E-state index contributed by atoms with van der Waals surface area (Å²) in [5.74, 6) is 0.106. The largest absolute Gasteiger partial charge is 0.348 e. The molecule has 0 unspecified atom stereocenters. The van der Waals surface area contributed by atoms with E-state index < -0.39 is 0 Å². The van der Waals surface area contributed by atoms with Crippen molar-refractivity contribution < 1.29 is 4.79 Å². The van der Waals surface area contributed by atoms with Crippen LogP contribution in [-0.4, -0.2) is 47.8 Å². The van der Waals surface area contributed by atoms with Crippen LogP contribution in [0.2, 0.25) is 0 Å². The van der Waals surface area contributed by atoms with Gasteiger partial charge in [-0.2, -0.15) is 5.10 Å². The highest BCUT2D eigenvalue weighted by molar-refractivity contribution is 5.77. The summed E-state index contributed by atoms with van der Waals surface area (Å²) in [7, 11) is 3.52.